The predicted molar refractivity (Wildman–Crippen MR) is 60.4 cm³/mol. The second-order valence-electron chi connectivity index (χ2n) is 4.55. The van der Waals surface area contributed by atoms with Crippen LogP contribution in [0.1, 0.15) is 22.8 Å². The van der Waals surface area contributed by atoms with Crippen molar-refractivity contribution in [3.05, 3.63) is 34.9 Å². The van der Waals surface area contributed by atoms with E-state index in [0.29, 0.717) is 6.61 Å². The molecule has 18 heavy (non-hydrogen) atoms. The first-order valence-electron chi connectivity index (χ1n) is 5.75. The molecule has 0 spiro atoms. The molecule has 1 aliphatic heterocycles. The van der Waals surface area contributed by atoms with Crippen LogP contribution in [-0.4, -0.2) is 25.5 Å². The third kappa shape index (κ3) is 3.23. The number of epoxide rings is 1. The van der Waals surface area contributed by atoms with Gasteiger partial charge in [-0.15, -0.1) is 0 Å². The zero-order valence-corrected chi connectivity index (χ0v) is 10.3. The van der Waals surface area contributed by atoms with Crippen molar-refractivity contribution in [2.75, 3.05) is 13.2 Å². The second kappa shape index (κ2) is 4.90. The molecule has 2 rings (SSSR count). The first-order valence-corrected chi connectivity index (χ1v) is 5.75. The fourth-order valence-electron chi connectivity index (χ4n) is 1.68. The lowest BCUT2D eigenvalue weighted by Crippen LogP contribution is -2.25. The third-order valence-electron chi connectivity index (χ3n) is 2.98. The zero-order chi connectivity index (χ0) is 13.3. The summed E-state index contributed by atoms with van der Waals surface area (Å²) in [5, 5.41) is 0. The van der Waals surface area contributed by atoms with Gasteiger partial charge in [-0.2, -0.15) is 13.2 Å². The molecule has 5 heteroatoms. The minimum absolute atomic E-state index is 0.0168. The standard InChI is InChI=1S/C13H15F3O2/c1-8-3-4-10(5-9(8)2)12(13(14,15)16)18-7-11-6-17-11/h3-5,11-12H,6-7H2,1-2H3/t11-,12-/m1/s1. The number of hydrogen-bond acceptors (Lipinski definition) is 2. The van der Waals surface area contributed by atoms with E-state index < -0.39 is 12.3 Å². The van der Waals surface area contributed by atoms with E-state index in [1.54, 1.807) is 13.0 Å². The van der Waals surface area contributed by atoms with Gasteiger partial charge in [-0.05, 0) is 30.5 Å². The lowest BCUT2D eigenvalue weighted by molar-refractivity contribution is -0.224. The Morgan fingerprint density at radius 1 is 1.33 bits per heavy atom. The molecule has 100 valence electrons. The summed E-state index contributed by atoms with van der Waals surface area (Å²) in [7, 11) is 0. The normalized spacial score (nSPS) is 20.8. The molecule has 0 N–H and O–H groups in total. The number of halogens is 3. The Bertz CT molecular complexity index is 425. The average molecular weight is 260 g/mol. The summed E-state index contributed by atoms with van der Waals surface area (Å²) in [5.41, 5.74) is 1.93. The summed E-state index contributed by atoms with van der Waals surface area (Å²) in [5.74, 6) is 0. The van der Waals surface area contributed by atoms with Crippen molar-refractivity contribution in [2.45, 2.75) is 32.2 Å². The number of hydrogen-bond donors (Lipinski definition) is 0. The molecule has 1 aromatic rings. The first-order chi connectivity index (χ1) is 8.38. The minimum Gasteiger partial charge on any atom is -0.371 e. The van der Waals surface area contributed by atoms with Crippen molar-refractivity contribution >= 4 is 0 Å². The van der Waals surface area contributed by atoms with Crippen LogP contribution in [0.5, 0.6) is 0 Å². The monoisotopic (exact) mass is 260 g/mol. The maximum Gasteiger partial charge on any atom is 0.418 e. The van der Waals surface area contributed by atoms with Crippen molar-refractivity contribution in [3.63, 3.8) is 0 Å². The van der Waals surface area contributed by atoms with E-state index in [2.05, 4.69) is 0 Å². The van der Waals surface area contributed by atoms with Crippen LogP contribution in [0, 0.1) is 13.8 Å². The molecule has 1 aliphatic rings. The summed E-state index contributed by atoms with van der Waals surface area (Å²) in [6.07, 6.45) is -6.46. The van der Waals surface area contributed by atoms with Gasteiger partial charge in [0.15, 0.2) is 6.10 Å². The van der Waals surface area contributed by atoms with Gasteiger partial charge >= 0.3 is 6.18 Å². The summed E-state index contributed by atoms with van der Waals surface area (Å²) >= 11 is 0. The SMILES string of the molecule is Cc1ccc([C@@H](OC[C@H]2CO2)C(F)(F)F)cc1C. The third-order valence-corrected chi connectivity index (χ3v) is 2.98. The molecule has 0 aromatic heterocycles. The molecule has 0 aliphatic carbocycles. The number of rotatable bonds is 4. The summed E-state index contributed by atoms with van der Waals surface area (Å²) in [6.45, 7) is 4.12. The van der Waals surface area contributed by atoms with Crippen LogP contribution in [0.4, 0.5) is 13.2 Å². The summed E-state index contributed by atoms with van der Waals surface area (Å²) in [6, 6.07) is 4.68. The van der Waals surface area contributed by atoms with E-state index in [4.69, 9.17) is 9.47 Å². The minimum atomic E-state index is -4.41. The highest BCUT2D eigenvalue weighted by Gasteiger charge is 2.43. The lowest BCUT2D eigenvalue weighted by atomic mass is 10.0. The van der Waals surface area contributed by atoms with Gasteiger partial charge in [0.05, 0.1) is 13.2 Å². The Labute approximate surface area is 104 Å². The largest absolute Gasteiger partial charge is 0.418 e. The number of ether oxygens (including phenoxy) is 2. The van der Waals surface area contributed by atoms with Crippen LogP contribution < -0.4 is 0 Å². The fourth-order valence-corrected chi connectivity index (χ4v) is 1.68. The molecule has 2 nitrogen and oxygen atoms in total. The van der Waals surface area contributed by atoms with Gasteiger partial charge < -0.3 is 9.47 Å². The highest BCUT2D eigenvalue weighted by molar-refractivity contribution is 5.31. The van der Waals surface area contributed by atoms with Crippen molar-refractivity contribution < 1.29 is 22.6 Å². The Kier molecular flexibility index (Phi) is 3.64. The van der Waals surface area contributed by atoms with E-state index in [1.165, 1.54) is 12.1 Å². The molecule has 0 radical (unpaired) electrons. The van der Waals surface area contributed by atoms with Gasteiger partial charge in [0.1, 0.15) is 6.10 Å². The van der Waals surface area contributed by atoms with Crippen LogP contribution in [0.25, 0.3) is 0 Å². The maximum absolute atomic E-state index is 12.9. The molecule has 1 heterocycles. The van der Waals surface area contributed by atoms with Crippen molar-refractivity contribution in [3.8, 4) is 0 Å². The number of alkyl halides is 3. The van der Waals surface area contributed by atoms with Crippen molar-refractivity contribution in [1.29, 1.82) is 0 Å². The van der Waals surface area contributed by atoms with E-state index in [1.807, 2.05) is 6.92 Å². The van der Waals surface area contributed by atoms with E-state index >= 15 is 0 Å². The molecule has 2 atom stereocenters. The van der Waals surface area contributed by atoms with Crippen LogP contribution in [0.3, 0.4) is 0 Å². The summed E-state index contributed by atoms with van der Waals surface area (Å²) in [4.78, 5) is 0. The second-order valence-corrected chi connectivity index (χ2v) is 4.55. The zero-order valence-electron chi connectivity index (χ0n) is 10.3. The molecular formula is C13H15F3O2. The van der Waals surface area contributed by atoms with Gasteiger partial charge in [-0.25, -0.2) is 0 Å². The highest BCUT2D eigenvalue weighted by Crippen LogP contribution is 2.37. The van der Waals surface area contributed by atoms with Crippen LogP contribution in [0.2, 0.25) is 0 Å². The highest BCUT2D eigenvalue weighted by atomic mass is 19.4. The molecule has 1 fully saturated rings. The Hall–Kier alpha value is -1.07. The Balaban J connectivity index is 2.17. The van der Waals surface area contributed by atoms with Crippen LogP contribution in [0.15, 0.2) is 18.2 Å². The van der Waals surface area contributed by atoms with Gasteiger partial charge in [0.2, 0.25) is 0 Å². The Morgan fingerprint density at radius 3 is 2.50 bits per heavy atom. The number of aryl methyl sites for hydroxylation is 2. The van der Waals surface area contributed by atoms with Gasteiger partial charge in [0.25, 0.3) is 0 Å². The van der Waals surface area contributed by atoms with Crippen molar-refractivity contribution in [2.24, 2.45) is 0 Å². The molecule has 0 amide bonds. The summed E-state index contributed by atoms with van der Waals surface area (Å²) < 4.78 is 48.6. The fraction of sp³-hybridized carbons (Fsp3) is 0.538. The predicted octanol–water partition coefficient (Wildman–Crippen LogP) is 3.32. The average Bonchev–Trinajstić information content (AvgIpc) is 3.05. The smallest absolute Gasteiger partial charge is 0.371 e. The molecule has 1 saturated heterocycles. The van der Waals surface area contributed by atoms with E-state index in [-0.39, 0.29) is 18.3 Å². The van der Waals surface area contributed by atoms with Crippen LogP contribution in [-0.2, 0) is 9.47 Å². The van der Waals surface area contributed by atoms with Crippen LogP contribution >= 0.6 is 0 Å². The van der Waals surface area contributed by atoms with Gasteiger partial charge in [-0.3, -0.25) is 0 Å². The van der Waals surface area contributed by atoms with Gasteiger partial charge in [-0.1, -0.05) is 18.2 Å². The maximum atomic E-state index is 12.9. The molecule has 1 aromatic carbocycles. The molecule has 0 bridgehead atoms. The van der Waals surface area contributed by atoms with E-state index in [0.717, 1.165) is 11.1 Å². The van der Waals surface area contributed by atoms with E-state index in [9.17, 15) is 13.2 Å². The molecule has 0 unspecified atom stereocenters. The lowest BCUT2D eigenvalue weighted by Gasteiger charge is -2.21. The molecule has 0 saturated carbocycles. The van der Waals surface area contributed by atoms with Gasteiger partial charge in [0, 0.05) is 0 Å². The quantitative estimate of drug-likeness (QED) is 0.775. The first kappa shape index (κ1) is 13.4. The Morgan fingerprint density at radius 2 is 2.00 bits per heavy atom. The van der Waals surface area contributed by atoms with Crippen molar-refractivity contribution in [1.82, 2.24) is 0 Å². The number of benzene rings is 1. The topological polar surface area (TPSA) is 21.8 Å². The molecular weight excluding hydrogens is 245 g/mol.